The fourth-order valence-corrected chi connectivity index (χ4v) is 2.20. The van der Waals surface area contributed by atoms with Crippen molar-refractivity contribution in [2.24, 2.45) is 4.99 Å². The number of nitrogens with one attached hydrogen (secondary N) is 1. The van der Waals surface area contributed by atoms with E-state index in [0.717, 1.165) is 5.69 Å². The van der Waals surface area contributed by atoms with Crippen molar-refractivity contribution < 1.29 is 4.79 Å². The standard InChI is InChI=1S/C16H24N4O/c1-12(2)20-14(18-16(3,4)5)17-11-19(15(20)21)13-9-7-6-8-10-13/h6-10,12H,11H2,1-5H3,(H,17,18). The number of nitrogens with zero attached hydrogens (tertiary/aromatic N) is 3. The zero-order valence-electron chi connectivity index (χ0n) is 13.4. The predicted molar refractivity (Wildman–Crippen MR) is 86.5 cm³/mol. The molecule has 1 aliphatic heterocycles. The number of hydrogen-bond acceptors (Lipinski definition) is 3. The lowest BCUT2D eigenvalue weighted by Crippen LogP contribution is -2.60. The van der Waals surface area contributed by atoms with Crippen LogP contribution in [0, 0.1) is 0 Å². The maximum atomic E-state index is 12.8. The number of anilines is 1. The Balaban J connectivity index is 2.31. The van der Waals surface area contributed by atoms with E-state index < -0.39 is 0 Å². The summed E-state index contributed by atoms with van der Waals surface area (Å²) in [4.78, 5) is 20.8. The van der Waals surface area contributed by atoms with E-state index in [-0.39, 0.29) is 17.6 Å². The molecule has 5 nitrogen and oxygen atoms in total. The molecule has 114 valence electrons. The molecule has 0 radical (unpaired) electrons. The second-order valence-corrected chi connectivity index (χ2v) is 6.51. The van der Waals surface area contributed by atoms with Gasteiger partial charge in [0.15, 0.2) is 0 Å². The van der Waals surface area contributed by atoms with E-state index in [0.29, 0.717) is 12.6 Å². The van der Waals surface area contributed by atoms with Gasteiger partial charge in [-0.05, 0) is 46.8 Å². The average molecular weight is 288 g/mol. The van der Waals surface area contributed by atoms with Crippen LogP contribution in [0.25, 0.3) is 0 Å². The van der Waals surface area contributed by atoms with Crippen molar-refractivity contribution >= 4 is 17.7 Å². The Labute approximate surface area is 126 Å². The second-order valence-electron chi connectivity index (χ2n) is 6.51. The Kier molecular flexibility index (Phi) is 4.21. The van der Waals surface area contributed by atoms with Crippen molar-refractivity contribution in [3.05, 3.63) is 30.3 Å². The van der Waals surface area contributed by atoms with Crippen LogP contribution in [0.2, 0.25) is 0 Å². The van der Waals surface area contributed by atoms with Gasteiger partial charge in [-0.1, -0.05) is 18.2 Å². The molecule has 5 heteroatoms. The van der Waals surface area contributed by atoms with Gasteiger partial charge in [-0.3, -0.25) is 9.80 Å². The maximum absolute atomic E-state index is 12.8. The van der Waals surface area contributed by atoms with E-state index in [1.165, 1.54) is 0 Å². The van der Waals surface area contributed by atoms with Crippen molar-refractivity contribution in [3.8, 4) is 0 Å². The lowest BCUT2D eigenvalue weighted by atomic mass is 10.1. The van der Waals surface area contributed by atoms with Gasteiger partial charge in [-0.15, -0.1) is 0 Å². The van der Waals surface area contributed by atoms with Gasteiger partial charge in [0.25, 0.3) is 0 Å². The van der Waals surface area contributed by atoms with Crippen LogP contribution in [-0.2, 0) is 0 Å². The first-order valence-corrected chi connectivity index (χ1v) is 7.28. The van der Waals surface area contributed by atoms with Crippen molar-refractivity contribution in [2.45, 2.75) is 46.2 Å². The number of aliphatic imine (C=N–C) groups is 1. The summed E-state index contributed by atoms with van der Waals surface area (Å²) >= 11 is 0. The molecule has 1 aromatic carbocycles. The maximum Gasteiger partial charge on any atom is 0.333 e. The third-order valence-electron chi connectivity index (χ3n) is 3.10. The quantitative estimate of drug-likeness (QED) is 0.909. The highest BCUT2D eigenvalue weighted by Gasteiger charge is 2.33. The predicted octanol–water partition coefficient (Wildman–Crippen LogP) is 3.04. The van der Waals surface area contributed by atoms with Crippen LogP contribution in [0.5, 0.6) is 0 Å². The summed E-state index contributed by atoms with van der Waals surface area (Å²) in [7, 11) is 0. The van der Waals surface area contributed by atoms with Gasteiger partial charge in [0.2, 0.25) is 5.96 Å². The number of hydrogen-bond donors (Lipinski definition) is 1. The summed E-state index contributed by atoms with van der Waals surface area (Å²) in [6, 6.07) is 9.63. The molecule has 1 heterocycles. The molecule has 0 aromatic heterocycles. The number of amides is 2. The molecule has 21 heavy (non-hydrogen) atoms. The summed E-state index contributed by atoms with van der Waals surface area (Å²) in [5, 5.41) is 3.32. The SMILES string of the molecule is CC(C)N1C(=O)N(c2ccccc2)CN=C1NC(C)(C)C. The molecule has 1 aromatic rings. The number of benzene rings is 1. The highest BCUT2D eigenvalue weighted by Crippen LogP contribution is 2.20. The van der Waals surface area contributed by atoms with Gasteiger partial charge in [0.1, 0.15) is 6.67 Å². The molecule has 2 rings (SSSR count). The highest BCUT2D eigenvalue weighted by atomic mass is 16.2. The Morgan fingerprint density at radius 3 is 2.33 bits per heavy atom. The Hall–Kier alpha value is -2.04. The molecule has 0 atom stereocenters. The molecule has 0 bridgehead atoms. The smallest absolute Gasteiger partial charge is 0.333 e. The van der Waals surface area contributed by atoms with E-state index >= 15 is 0 Å². The van der Waals surface area contributed by atoms with Crippen LogP contribution in [0.4, 0.5) is 10.5 Å². The molecule has 1 N–H and O–H groups in total. The topological polar surface area (TPSA) is 47.9 Å². The Morgan fingerprint density at radius 2 is 1.81 bits per heavy atom. The summed E-state index contributed by atoms with van der Waals surface area (Å²) in [6.45, 7) is 10.5. The molecule has 0 unspecified atom stereocenters. The fourth-order valence-electron chi connectivity index (χ4n) is 2.20. The summed E-state index contributed by atoms with van der Waals surface area (Å²) in [5.74, 6) is 0.648. The first-order valence-electron chi connectivity index (χ1n) is 7.28. The Morgan fingerprint density at radius 1 is 1.19 bits per heavy atom. The minimum absolute atomic E-state index is 0.0395. The van der Waals surface area contributed by atoms with E-state index in [9.17, 15) is 4.79 Å². The van der Waals surface area contributed by atoms with Crippen LogP contribution < -0.4 is 10.2 Å². The van der Waals surface area contributed by atoms with Gasteiger partial charge in [-0.25, -0.2) is 9.79 Å². The molecule has 0 fully saturated rings. The van der Waals surface area contributed by atoms with Crippen molar-refractivity contribution in [1.82, 2.24) is 10.2 Å². The van der Waals surface area contributed by atoms with E-state index in [1.54, 1.807) is 9.80 Å². The molecule has 0 saturated carbocycles. The first kappa shape index (κ1) is 15.4. The van der Waals surface area contributed by atoms with Crippen LogP contribution in [0.15, 0.2) is 35.3 Å². The highest BCUT2D eigenvalue weighted by molar-refractivity contribution is 6.06. The third kappa shape index (κ3) is 3.54. The monoisotopic (exact) mass is 288 g/mol. The number of rotatable bonds is 2. The van der Waals surface area contributed by atoms with Gasteiger partial charge in [-0.2, -0.15) is 0 Å². The largest absolute Gasteiger partial charge is 0.351 e. The van der Waals surface area contributed by atoms with Crippen LogP contribution >= 0.6 is 0 Å². The van der Waals surface area contributed by atoms with E-state index in [1.807, 2.05) is 44.2 Å². The zero-order valence-corrected chi connectivity index (χ0v) is 13.4. The summed E-state index contributed by atoms with van der Waals surface area (Å²) in [6.07, 6.45) is 0. The number of urea groups is 1. The van der Waals surface area contributed by atoms with E-state index in [2.05, 4.69) is 31.1 Å². The van der Waals surface area contributed by atoms with Gasteiger partial charge in [0, 0.05) is 17.3 Å². The lowest BCUT2D eigenvalue weighted by molar-refractivity contribution is 0.214. The molecular formula is C16H24N4O. The average Bonchev–Trinajstić information content (AvgIpc) is 2.37. The minimum atomic E-state index is -0.138. The summed E-state index contributed by atoms with van der Waals surface area (Å²) in [5.41, 5.74) is 0.730. The summed E-state index contributed by atoms with van der Waals surface area (Å²) < 4.78 is 0. The number of carbonyl (C=O) groups is 1. The van der Waals surface area contributed by atoms with Crippen molar-refractivity contribution in [3.63, 3.8) is 0 Å². The molecule has 2 amide bonds. The number of para-hydroxylation sites is 1. The van der Waals surface area contributed by atoms with Crippen LogP contribution in [0.1, 0.15) is 34.6 Å². The molecule has 0 saturated heterocycles. The lowest BCUT2D eigenvalue weighted by Gasteiger charge is -2.39. The molecule has 0 aliphatic carbocycles. The molecular weight excluding hydrogens is 264 g/mol. The fraction of sp³-hybridized carbons (Fsp3) is 0.500. The van der Waals surface area contributed by atoms with Crippen LogP contribution in [-0.4, -0.2) is 35.1 Å². The van der Waals surface area contributed by atoms with Gasteiger partial charge >= 0.3 is 6.03 Å². The Bertz CT molecular complexity index is 531. The van der Waals surface area contributed by atoms with E-state index in [4.69, 9.17) is 0 Å². The van der Waals surface area contributed by atoms with Gasteiger partial charge < -0.3 is 5.32 Å². The van der Waals surface area contributed by atoms with Crippen molar-refractivity contribution in [1.29, 1.82) is 0 Å². The number of guanidine groups is 1. The second kappa shape index (κ2) is 5.76. The van der Waals surface area contributed by atoms with Crippen LogP contribution in [0.3, 0.4) is 0 Å². The van der Waals surface area contributed by atoms with Gasteiger partial charge in [0.05, 0.1) is 0 Å². The van der Waals surface area contributed by atoms with Crippen molar-refractivity contribution in [2.75, 3.05) is 11.6 Å². The minimum Gasteiger partial charge on any atom is -0.351 e. The number of carbonyl (C=O) groups excluding carboxylic acids is 1. The molecule has 0 spiro atoms. The molecule has 1 aliphatic rings. The third-order valence-corrected chi connectivity index (χ3v) is 3.10. The normalized spacial score (nSPS) is 16.3. The first-order chi connectivity index (χ1) is 9.79. The zero-order chi connectivity index (χ0) is 15.6.